The van der Waals surface area contributed by atoms with Crippen molar-refractivity contribution in [1.82, 2.24) is 14.5 Å². The third kappa shape index (κ3) is 4.90. The third-order valence-electron chi connectivity index (χ3n) is 6.83. The van der Waals surface area contributed by atoms with E-state index >= 15 is 0 Å². The zero-order valence-electron chi connectivity index (χ0n) is 18.9. The molecule has 0 radical (unpaired) electrons. The summed E-state index contributed by atoms with van der Waals surface area (Å²) in [5, 5.41) is 3.11. The van der Waals surface area contributed by atoms with Crippen LogP contribution in [0.15, 0.2) is 59.5 Å². The second-order valence-corrected chi connectivity index (χ2v) is 10.9. The summed E-state index contributed by atoms with van der Waals surface area (Å²) in [6.45, 7) is 6.38. The van der Waals surface area contributed by atoms with Gasteiger partial charge in [-0.25, -0.2) is 8.42 Å². The van der Waals surface area contributed by atoms with Crippen LogP contribution < -0.4 is 5.32 Å². The number of carbonyl (C=O) groups excluding carboxylic acids is 1. The van der Waals surface area contributed by atoms with Gasteiger partial charge < -0.3 is 5.32 Å². The molecule has 0 saturated carbocycles. The molecule has 2 aliphatic heterocycles. The zero-order valence-corrected chi connectivity index (χ0v) is 19.7. The van der Waals surface area contributed by atoms with Crippen molar-refractivity contribution in [3.63, 3.8) is 0 Å². The lowest BCUT2D eigenvalue weighted by molar-refractivity contribution is 0.0936. The molecule has 4 rings (SSSR count). The lowest BCUT2D eigenvalue weighted by Gasteiger charge is -2.32. The van der Waals surface area contributed by atoms with Gasteiger partial charge in [-0.3, -0.25) is 9.69 Å². The summed E-state index contributed by atoms with van der Waals surface area (Å²) in [6.07, 6.45) is 3.69. The van der Waals surface area contributed by atoms with Gasteiger partial charge in [-0.15, -0.1) is 0 Å². The molecule has 1 N–H and O–H groups in total. The Balaban J connectivity index is 1.41. The third-order valence-corrected chi connectivity index (χ3v) is 8.84. The first-order valence-electron chi connectivity index (χ1n) is 11.6. The first-order valence-corrected chi connectivity index (χ1v) is 13.0. The highest BCUT2D eigenvalue weighted by atomic mass is 32.2. The van der Waals surface area contributed by atoms with Crippen LogP contribution in [0.5, 0.6) is 0 Å². The number of benzene rings is 2. The normalized spacial score (nSPS) is 23.7. The van der Waals surface area contributed by atoms with Crippen molar-refractivity contribution in [2.75, 3.05) is 19.6 Å². The average Bonchev–Trinajstić information content (AvgIpc) is 3.28. The number of sulfonamides is 1. The molecule has 2 fully saturated rings. The predicted octanol–water partition coefficient (Wildman–Crippen LogP) is 3.82. The maximum atomic E-state index is 13.2. The van der Waals surface area contributed by atoms with Gasteiger partial charge in [0, 0.05) is 43.3 Å². The highest BCUT2D eigenvalue weighted by Gasteiger charge is 2.32. The lowest BCUT2D eigenvalue weighted by Crippen LogP contribution is -2.42. The molecule has 0 aliphatic carbocycles. The Morgan fingerprint density at radius 1 is 1.03 bits per heavy atom. The van der Waals surface area contributed by atoms with E-state index in [0.717, 1.165) is 38.8 Å². The molecule has 0 bridgehead atoms. The topological polar surface area (TPSA) is 69.7 Å². The van der Waals surface area contributed by atoms with Gasteiger partial charge in [-0.05, 0) is 56.9 Å². The number of hydrogen-bond donors (Lipinski definition) is 1. The average molecular weight is 456 g/mol. The van der Waals surface area contributed by atoms with Crippen LogP contribution in [0.4, 0.5) is 0 Å². The number of amides is 1. The van der Waals surface area contributed by atoms with Crippen molar-refractivity contribution in [1.29, 1.82) is 0 Å². The molecule has 32 heavy (non-hydrogen) atoms. The second kappa shape index (κ2) is 9.73. The molecule has 2 aliphatic rings. The largest absolute Gasteiger partial charge is 0.348 e. The lowest BCUT2D eigenvalue weighted by atomic mass is 10.1. The van der Waals surface area contributed by atoms with Crippen LogP contribution in [0.3, 0.4) is 0 Å². The number of piperidine rings is 1. The minimum Gasteiger partial charge on any atom is -0.348 e. The van der Waals surface area contributed by atoms with E-state index in [1.165, 1.54) is 11.6 Å². The van der Waals surface area contributed by atoms with Crippen LogP contribution in [0, 0.1) is 0 Å². The van der Waals surface area contributed by atoms with Gasteiger partial charge in [0.2, 0.25) is 10.0 Å². The maximum Gasteiger partial charge on any atom is 0.251 e. The molecule has 2 heterocycles. The van der Waals surface area contributed by atoms with E-state index in [4.69, 9.17) is 0 Å². The van der Waals surface area contributed by atoms with Gasteiger partial charge in [-0.1, -0.05) is 42.8 Å². The van der Waals surface area contributed by atoms with Crippen LogP contribution in [-0.2, 0) is 10.0 Å². The van der Waals surface area contributed by atoms with E-state index in [2.05, 4.69) is 29.3 Å². The highest BCUT2D eigenvalue weighted by molar-refractivity contribution is 7.89. The van der Waals surface area contributed by atoms with Crippen LogP contribution >= 0.6 is 0 Å². The number of nitrogens with one attached hydrogen (secondary N) is 1. The number of nitrogens with zero attached hydrogens (tertiary/aromatic N) is 2. The van der Waals surface area contributed by atoms with Crippen molar-refractivity contribution in [3.05, 3.63) is 65.7 Å². The summed E-state index contributed by atoms with van der Waals surface area (Å²) in [5.41, 5.74) is 1.66. The van der Waals surface area contributed by atoms with Gasteiger partial charge in [0.15, 0.2) is 0 Å². The summed E-state index contributed by atoms with van der Waals surface area (Å²) >= 11 is 0. The van der Waals surface area contributed by atoms with Crippen LogP contribution in [0.2, 0.25) is 0 Å². The van der Waals surface area contributed by atoms with E-state index in [0.29, 0.717) is 12.1 Å². The molecule has 2 aromatic carbocycles. The van der Waals surface area contributed by atoms with Crippen molar-refractivity contribution in [2.45, 2.75) is 62.6 Å². The Hall–Kier alpha value is -2.22. The fourth-order valence-electron chi connectivity index (χ4n) is 4.83. The minimum absolute atomic E-state index is 0.0118. The quantitative estimate of drug-likeness (QED) is 0.719. The van der Waals surface area contributed by atoms with Crippen molar-refractivity contribution in [3.8, 4) is 0 Å². The van der Waals surface area contributed by atoms with Gasteiger partial charge in [-0.2, -0.15) is 4.31 Å². The van der Waals surface area contributed by atoms with E-state index in [1.54, 1.807) is 22.5 Å². The number of hydrogen-bond acceptors (Lipinski definition) is 4. The zero-order chi connectivity index (χ0) is 22.7. The van der Waals surface area contributed by atoms with Crippen LogP contribution in [0.1, 0.15) is 61.5 Å². The van der Waals surface area contributed by atoms with Crippen molar-refractivity contribution in [2.24, 2.45) is 0 Å². The molecule has 6 nitrogen and oxygen atoms in total. The molecule has 7 heteroatoms. The summed E-state index contributed by atoms with van der Waals surface area (Å²) in [5.74, 6) is -0.215. The second-order valence-electron chi connectivity index (χ2n) is 9.03. The molecule has 3 atom stereocenters. The molecule has 2 aromatic rings. The molecule has 0 aromatic heterocycles. The van der Waals surface area contributed by atoms with Gasteiger partial charge in [0.25, 0.3) is 5.91 Å². The molecule has 2 saturated heterocycles. The molecule has 3 unspecified atom stereocenters. The van der Waals surface area contributed by atoms with Crippen molar-refractivity contribution >= 4 is 15.9 Å². The number of likely N-dealkylation sites (tertiary alicyclic amines) is 1. The fourth-order valence-corrected chi connectivity index (χ4v) is 6.58. The predicted molar refractivity (Wildman–Crippen MR) is 126 cm³/mol. The molecule has 172 valence electrons. The van der Waals surface area contributed by atoms with E-state index in [1.807, 2.05) is 25.1 Å². The Labute approximate surface area is 191 Å². The first kappa shape index (κ1) is 23.0. The Kier molecular flexibility index (Phi) is 6.98. The molecular formula is C25H33N3O3S. The van der Waals surface area contributed by atoms with E-state index in [-0.39, 0.29) is 28.9 Å². The fraction of sp³-hybridized carbons (Fsp3) is 0.480. The Morgan fingerprint density at radius 3 is 2.56 bits per heavy atom. The SMILES string of the molecule is CC(c1ccccc1)N1CCC(NC(=O)c2cccc(S(=O)(=O)N3CCCCC3C)c2)C1. The van der Waals surface area contributed by atoms with Crippen LogP contribution in [-0.4, -0.2) is 55.2 Å². The highest BCUT2D eigenvalue weighted by Crippen LogP contribution is 2.27. The van der Waals surface area contributed by atoms with Crippen molar-refractivity contribution < 1.29 is 13.2 Å². The molecule has 0 spiro atoms. The summed E-state index contributed by atoms with van der Waals surface area (Å²) < 4.78 is 27.9. The summed E-state index contributed by atoms with van der Waals surface area (Å²) in [7, 11) is -3.60. The smallest absolute Gasteiger partial charge is 0.251 e. The first-order chi connectivity index (χ1) is 15.4. The van der Waals surface area contributed by atoms with Gasteiger partial charge in [0.1, 0.15) is 0 Å². The maximum absolute atomic E-state index is 13.2. The van der Waals surface area contributed by atoms with E-state index in [9.17, 15) is 13.2 Å². The van der Waals surface area contributed by atoms with E-state index < -0.39 is 10.0 Å². The molecular weight excluding hydrogens is 422 g/mol. The van der Waals surface area contributed by atoms with Gasteiger partial charge in [0.05, 0.1) is 4.90 Å². The van der Waals surface area contributed by atoms with Crippen LogP contribution in [0.25, 0.3) is 0 Å². The standard InChI is InChI=1S/C25H33N3O3S/c1-19-9-6-7-15-28(19)32(30,31)24-13-8-12-22(17-24)25(29)26-23-14-16-27(18-23)20(2)21-10-4-3-5-11-21/h3-5,8,10-13,17,19-20,23H,6-7,9,14-16,18H2,1-2H3,(H,26,29). The summed E-state index contributed by atoms with van der Waals surface area (Å²) in [4.78, 5) is 15.5. The number of rotatable bonds is 6. The number of carbonyl (C=O) groups is 1. The monoisotopic (exact) mass is 455 g/mol. The summed E-state index contributed by atoms with van der Waals surface area (Å²) in [6, 6.07) is 17.2. The minimum atomic E-state index is -3.60. The Morgan fingerprint density at radius 2 is 1.81 bits per heavy atom. The molecule has 1 amide bonds. The Bertz CT molecular complexity index is 1040. The van der Waals surface area contributed by atoms with Gasteiger partial charge >= 0.3 is 0 Å².